The van der Waals surface area contributed by atoms with Crippen LogP contribution in [0.4, 0.5) is 4.79 Å². The van der Waals surface area contributed by atoms with Gasteiger partial charge >= 0.3 is 6.09 Å². The van der Waals surface area contributed by atoms with Crippen molar-refractivity contribution in [3.63, 3.8) is 0 Å². The Balaban J connectivity index is 3.58. The Labute approximate surface area is 59.9 Å². The quantitative estimate of drug-likeness (QED) is 0.357. The molecule has 1 amide bonds. The van der Waals surface area contributed by atoms with Crippen molar-refractivity contribution in [2.24, 2.45) is 5.84 Å². The molecule has 5 nitrogen and oxygen atoms in total. The number of rotatable bonds is 1. The minimum absolute atomic E-state index is 0.485. The summed E-state index contributed by atoms with van der Waals surface area (Å²) in [5.74, 6) is 4.79. The smallest absolute Gasteiger partial charge is 0.423 e. The molecule has 5 heteroatoms. The maximum atomic E-state index is 10.6. The molecular formula is C5H13N3O2. The molecule has 0 bridgehead atoms. The summed E-state index contributed by atoms with van der Waals surface area (Å²) in [4.78, 5) is 10.6. The van der Waals surface area contributed by atoms with Gasteiger partial charge in [0.2, 0.25) is 0 Å². The Bertz CT molecular complexity index is 119. The van der Waals surface area contributed by atoms with Crippen LogP contribution in [-0.2, 0) is 4.74 Å². The number of hydrogen-bond donors (Lipinski definition) is 3. The van der Waals surface area contributed by atoms with Crippen LogP contribution in [0.1, 0.15) is 20.8 Å². The van der Waals surface area contributed by atoms with Gasteiger partial charge in [0.05, 0.1) is 0 Å². The lowest BCUT2D eigenvalue weighted by Crippen LogP contribution is -2.44. The van der Waals surface area contributed by atoms with Gasteiger partial charge in [0.1, 0.15) is 5.60 Å². The third-order valence-electron chi connectivity index (χ3n) is 0.573. The van der Waals surface area contributed by atoms with Crippen molar-refractivity contribution in [2.75, 3.05) is 0 Å². The van der Waals surface area contributed by atoms with Gasteiger partial charge in [-0.2, -0.15) is 5.53 Å². The molecule has 0 aromatic carbocycles. The third-order valence-corrected chi connectivity index (χ3v) is 0.573. The fourth-order valence-electron chi connectivity index (χ4n) is 0.363. The summed E-state index contributed by atoms with van der Waals surface area (Å²) >= 11 is 0. The lowest BCUT2D eigenvalue weighted by atomic mass is 10.2. The highest BCUT2D eigenvalue weighted by Crippen LogP contribution is 2.05. The predicted molar refractivity (Wildman–Crippen MR) is 36.7 cm³/mol. The lowest BCUT2D eigenvalue weighted by Gasteiger charge is -2.18. The van der Waals surface area contributed by atoms with Crippen molar-refractivity contribution >= 4 is 6.09 Å². The number of hydrogen-bond acceptors (Lipinski definition) is 4. The van der Waals surface area contributed by atoms with Gasteiger partial charge in [-0.1, -0.05) is 0 Å². The molecule has 10 heavy (non-hydrogen) atoms. The maximum absolute atomic E-state index is 10.6. The number of carbonyl (C=O) groups is 1. The molecule has 0 saturated heterocycles. The average Bonchev–Trinajstić information content (AvgIpc) is 1.59. The topological polar surface area (TPSA) is 76.4 Å². The van der Waals surface area contributed by atoms with Gasteiger partial charge in [-0.25, -0.2) is 10.2 Å². The third kappa shape index (κ3) is 5.33. The van der Waals surface area contributed by atoms with Gasteiger partial charge in [0, 0.05) is 0 Å². The van der Waals surface area contributed by atoms with Gasteiger partial charge in [0.15, 0.2) is 0 Å². The molecule has 0 unspecified atom stereocenters. The van der Waals surface area contributed by atoms with Crippen LogP contribution in [0.15, 0.2) is 0 Å². The van der Waals surface area contributed by atoms with Crippen LogP contribution < -0.4 is 16.8 Å². The second-order valence-electron chi connectivity index (χ2n) is 2.77. The molecule has 0 fully saturated rings. The first-order valence-corrected chi connectivity index (χ1v) is 2.90. The average molecular weight is 147 g/mol. The molecule has 0 aliphatic carbocycles. The molecule has 0 spiro atoms. The van der Waals surface area contributed by atoms with E-state index in [2.05, 4.69) is 5.43 Å². The van der Waals surface area contributed by atoms with Gasteiger partial charge < -0.3 is 4.74 Å². The molecule has 0 radical (unpaired) electrons. The highest BCUT2D eigenvalue weighted by molar-refractivity contribution is 5.66. The van der Waals surface area contributed by atoms with Crippen LogP contribution in [-0.4, -0.2) is 11.7 Å². The Kier molecular flexibility index (Phi) is 3.11. The van der Waals surface area contributed by atoms with E-state index in [0.717, 1.165) is 0 Å². The molecule has 0 aromatic heterocycles. The molecule has 0 aromatic rings. The first-order chi connectivity index (χ1) is 4.45. The number of ether oxygens (including phenoxy) is 1. The molecular weight excluding hydrogens is 134 g/mol. The number of hydrazine groups is 2. The second-order valence-corrected chi connectivity index (χ2v) is 2.77. The van der Waals surface area contributed by atoms with Gasteiger partial charge in [-0.15, -0.1) is 0 Å². The maximum Gasteiger partial charge on any atom is 0.423 e. The standard InChI is InChI=1S/C5H13N3O2/c1-5(2,3)10-4(9)7-8-6/h8H,6H2,1-3H3,(H,7,9). The summed E-state index contributed by atoms with van der Waals surface area (Å²) in [5, 5.41) is 0. The number of carbonyl (C=O) groups excluding carboxylic acids is 1. The van der Waals surface area contributed by atoms with E-state index in [1.807, 2.05) is 5.53 Å². The van der Waals surface area contributed by atoms with Crippen LogP contribution in [0.25, 0.3) is 0 Å². The van der Waals surface area contributed by atoms with Crippen LogP contribution >= 0.6 is 0 Å². The van der Waals surface area contributed by atoms with Gasteiger partial charge in [-0.05, 0) is 20.8 Å². The van der Waals surface area contributed by atoms with Crippen LogP contribution in [0.2, 0.25) is 0 Å². The minimum Gasteiger partial charge on any atom is -0.443 e. The van der Waals surface area contributed by atoms with Crippen molar-refractivity contribution in [1.82, 2.24) is 11.0 Å². The summed E-state index contributed by atoms with van der Waals surface area (Å²) in [7, 11) is 0. The Morgan fingerprint density at radius 3 is 2.30 bits per heavy atom. The van der Waals surface area contributed by atoms with Crippen molar-refractivity contribution in [1.29, 1.82) is 0 Å². The van der Waals surface area contributed by atoms with E-state index in [1.54, 1.807) is 20.8 Å². The monoisotopic (exact) mass is 147 g/mol. The normalized spacial score (nSPS) is 10.8. The molecule has 0 saturated carbocycles. The van der Waals surface area contributed by atoms with Crippen molar-refractivity contribution in [2.45, 2.75) is 26.4 Å². The molecule has 0 heterocycles. The zero-order chi connectivity index (χ0) is 8.20. The molecule has 4 N–H and O–H groups in total. The SMILES string of the molecule is CC(C)(C)OC(=O)NNN. The zero-order valence-corrected chi connectivity index (χ0v) is 6.39. The van der Waals surface area contributed by atoms with E-state index < -0.39 is 11.7 Å². The largest absolute Gasteiger partial charge is 0.443 e. The fourth-order valence-corrected chi connectivity index (χ4v) is 0.363. The van der Waals surface area contributed by atoms with E-state index in [1.165, 1.54) is 0 Å². The summed E-state index contributed by atoms with van der Waals surface area (Å²) in [6.07, 6.45) is -0.588. The zero-order valence-electron chi connectivity index (χ0n) is 6.39. The molecule has 0 atom stereocenters. The summed E-state index contributed by atoms with van der Waals surface area (Å²) in [5.41, 5.74) is 3.55. The van der Waals surface area contributed by atoms with Crippen molar-refractivity contribution < 1.29 is 9.53 Å². The Morgan fingerprint density at radius 1 is 1.50 bits per heavy atom. The molecule has 0 aliphatic rings. The Hall–Kier alpha value is -0.810. The van der Waals surface area contributed by atoms with Crippen LogP contribution in [0.3, 0.4) is 0 Å². The van der Waals surface area contributed by atoms with Crippen LogP contribution in [0, 0.1) is 0 Å². The van der Waals surface area contributed by atoms with E-state index in [0.29, 0.717) is 0 Å². The van der Waals surface area contributed by atoms with Crippen molar-refractivity contribution in [3.8, 4) is 0 Å². The number of amides is 1. The van der Waals surface area contributed by atoms with Crippen molar-refractivity contribution in [3.05, 3.63) is 0 Å². The highest BCUT2D eigenvalue weighted by Gasteiger charge is 2.14. The molecule has 0 aliphatic heterocycles. The fraction of sp³-hybridized carbons (Fsp3) is 0.800. The van der Waals surface area contributed by atoms with E-state index in [-0.39, 0.29) is 0 Å². The summed E-state index contributed by atoms with van der Waals surface area (Å²) in [6, 6.07) is 0. The predicted octanol–water partition coefficient (Wildman–Crippen LogP) is -0.111. The second kappa shape index (κ2) is 3.38. The van der Waals surface area contributed by atoms with E-state index in [9.17, 15) is 4.79 Å². The van der Waals surface area contributed by atoms with Gasteiger partial charge in [0.25, 0.3) is 0 Å². The first kappa shape index (κ1) is 9.19. The molecule has 0 rings (SSSR count). The van der Waals surface area contributed by atoms with Gasteiger partial charge in [-0.3, -0.25) is 5.84 Å². The molecule has 60 valence electrons. The number of nitrogens with two attached hydrogens (primary N) is 1. The van der Waals surface area contributed by atoms with E-state index >= 15 is 0 Å². The lowest BCUT2D eigenvalue weighted by molar-refractivity contribution is 0.0499. The minimum atomic E-state index is -0.588. The number of nitrogens with one attached hydrogen (secondary N) is 2. The Morgan fingerprint density at radius 2 is 2.00 bits per heavy atom. The summed E-state index contributed by atoms with van der Waals surface area (Å²) < 4.78 is 4.79. The first-order valence-electron chi connectivity index (χ1n) is 2.90. The van der Waals surface area contributed by atoms with Crippen LogP contribution in [0.5, 0.6) is 0 Å². The summed E-state index contributed by atoms with van der Waals surface area (Å²) in [6.45, 7) is 5.30. The highest BCUT2D eigenvalue weighted by atomic mass is 16.6. The van der Waals surface area contributed by atoms with E-state index in [4.69, 9.17) is 10.6 Å².